The third-order valence-electron chi connectivity index (χ3n) is 7.17. The molecule has 0 aromatic heterocycles. The number of sulfonamides is 1. The minimum Gasteiger partial charge on any atom is -0.494 e. The quantitative estimate of drug-likeness (QED) is 0.234. The molecule has 0 saturated heterocycles. The van der Waals surface area contributed by atoms with E-state index in [9.17, 15) is 18.0 Å². The fourth-order valence-electron chi connectivity index (χ4n) is 4.82. The van der Waals surface area contributed by atoms with Crippen LogP contribution in [0.2, 0.25) is 0 Å². The van der Waals surface area contributed by atoms with Gasteiger partial charge in [0.2, 0.25) is 11.8 Å². The Bertz CT molecular complexity index is 1610. The van der Waals surface area contributed by atoms with Crippen molar-refractivity contribution in [2.24, 2.45) is 0 Å². The van der Waals surface area contributed by atoms with E-state index in [4.69, 9.17) is 4.74 Å². The van der Waals surface area contributed by atoms with Gasteiger partial charge in [-0.2, -0.15) is 0 Å². The summed E-state index contributed by atoms with van der Waals surface area (Å²) in [5.41, 5.74) is 2.99. The van der Waals surface area contributed by atoms with Gasteiger partial charge < -0.3 is 15.0 Å². The summed E-state index contributed by atoms with van der Waals surface area (Å²) in [5.74, 6) is -0.274. The minimum absolute atomic E-state index is 0.0503. The molecule has 0 unspecified atom stereocenters. The number of likely N-dealkylation sites (N-methyl/N-ethyl adjacent to an activating group) is 1. The molecule has 1 atom stereocenters. The van der Waals surface area contributed by atoms with Gasteiger partial charge in [-0.1, -0.05) is 72.8 Å². The summed E-state index contributed by atoms with van der Waals surface area (Å²) in [5, 5.41) is 2.70. The summed E-state index contributed by atoms with van der Waals surface area (Å²) in [6.07, 6.45) is 0.257. The molecule has 4 aromatic rings. The van der Waals surface area contributed by atoms with Crippen molar-refractivity contribution in [3.8, 4) is 5.75 Å². The molecule has 0 aliphatic carbocycles. The number of nitrogens with one attached hydrogen (secondary N) is 1. The first-order valence-corrected chi connectivity index (χ1v) is 15.6. The first kappa shape index (κ1) is 31.3. The van der Waals surface area contributed by atoms with Gasteiger partial charge >= 0.3 is 0 Å². The lowest BCUT2D eigenvalue weighted by atomic mass is 10.0. The summed E-state index contributed by atoms with van der Waals surface area (Å²) >= 11 is 0. The van der Waals surface area contributed by atoms with Crippen molar-refractivity contribution in [3.63, 3.8) is 0 Å². The SMILES string of the molecule is CCOc1ccc(N(CC(=O)N(Cc2ccccc2C)[C@@H](Cc2ccccc2)C(=O)NC)S(=O)(=O)c2ccccc2)cc1. The van der Waals surface area contributed by atoms with Gasteiger partial charge in [-0.15, -0.1) is 0 Å². The molecule has 224 valence electrons. The second-order valence-corrected chi connectivity index (χ2v) is 11.9. The molecule has 0 spiro atoms. The molecular formula is C34H37N3O5S. The number of rotatable bonds is 13. The molecule has 4 rings (SSSR count). The average Bonchev–Trinajstić information content (AvgIpc) is 3.03. The van der Waals surface area contributed by atoms with E-state index in [0.717, 1.165) is 21.0 Å². The lowest BCUT2D eigenvalue weighted by Crippen LogP contribution is -2.53. The summed E-state index contributed by atoms with van der Waals surface area (Å²) in [4.78, 5) is 29.2. The Morgan fingerprint density at radius 1 is 0.837 bits per heavy atom. The minimum atomic E-state index is -4.15. The maximum absolute atomic E-state index is 14.4. The van der Waals surface area contributed by atoms with Gasteiger partial charge in [0.25, 0.3) is 10.0 Å². The average molecular weight is 600 g/mol. The van der Waals surface area contributed by atoms with Crippen molar-refractivity contribution in [3.05, 3.63) is 126 Å². The van der Waals surface area contributed by atoms with Crippen LogP contribution in [-0.2, 0) is 32.6 Å². The zero-order valence-corrected chi connectivity index (χ0v) is 25.5. The van der Waals surface area contributed by atoms with Crippen LogP contribution in [0.4, 0.5) is 5.69 Å². The fraction of sp³-hybridized carbons (Fsp3) is 0.235. The van der Waals surface area contributed by atoms with Gasteiger partial charge in [-0.25, -0.2) is 8.42 Å². The zero-order chi connectivity index (χ0) is 30.8. The second kappa shape index (κ2) is 14.5. The van der Waals surface area contributed by atoms with E-state index in [1.54, 1.807) is 42.5 Å². The highest BCUT2D eigenvalue weighted by molar-refractivity contribution is 7.92. The van der Waals surface area contributed by atoms with Crippen LogP contribution in [0, 0.1) is 6.92 Å². The Morgan fingerprint density at radius 2 is 1.44 bits per heavy atom. The number of aryl methyl sites for hydroxylation is 1. The molecule has 0 aliphatic rings. The van der Waals surface area contributed by atoms with E-state index >= 15 is 0 Å². The van der Waals surface area contributed by atoms with Crippen LogP contribution in [0.5, 0.6) is 5.75 Å². The van der Waals surface area contributed by atoms with Crippen molar-refractivity contribution in [2.45, 2.75) is 37.8 Å². The number of benzene rings is 4. The lowest BCUT2D eigenvalue weighted by molar-refractivity contribution is -0.139. The van der Waals surface area contributed by atoms with Gasteiger partial charge in [-0.05, 0) is 66.9 Å². The molecule has 0 saturated carbocycles. The van der Waals surface area contributed by atoms with E-state index in [1.165, 1.54) is 24.1 Å². The van der Waals surface area contributed by atoms with Crippen LogP contribution >= 0.6 is 0 Å². The van der Waals surface area contributed by atoms with E-state index in [-0.39, 0.29) is 23.8 Å². The number of amides is 2. The molecule has 9 heteroatoms. The predicted molar refractivity (Wildman–Crippen MR) is 168 cm³/mol. The summed E-state index contributed by atoms with van der Waals surface area (Å²) in [7, 11) is -2.62. The highest BCUT2D eigenvalue weighted by Gasteiger charge is 2.34. The third-order valence-corrected chi connectivity index (χ3v) is 8.95. The van der Waals surface area contributed by atoms with Crippen LogP contribution < -0.4 is 14.4 Å². The summed E-state index contributed by atoms with van der Waals surface area (Å²) in [6, 6.07) is 30.8. The summed E-state index contributed by atoms with van der Waals surface area (Å²) < 4.78 is 34.7. The largest absolute Gasteiger partial charge is 0.494 e. The van der Waals surface area contributed by atoms with Crippen molar-refractivity contribution in [1.29, 1.82) is 0 Å². The third kappa shape index (κ3) is 7.81. The van der Waals surface area contributed by atoms with Gasteiger partial charge in [0.1, 0.15) is 18.3 Å². The highest BCUT2D eigenvalue weighted by Crippen LogP contribution is 2.27. The van der Waals surface area contributed by atoms with Crippen molar-refractivity contribution < 1.29 is 22.7 Å². The van der Waals surface area contributed by atoms with Crippen molar-refractivity contribution in [1.82, 2.24) is 10.2 Å². The molecule has 4 aromatic carbocycles. The molecule has 0 bridgehead atoms. The van der Waals surface area contributed by atoms with Gasteiger partial charge in [0, 0.05) is 20.0 Å². The fourth-order valence-corrected chi connectivity index (χ4v) is 6.25. The number of ether oxygens (including phenoxy) is 1. The zero-order valence-electron chi connectivity index (χ0n) is 24.6. The van der Waals surface area contributed by atoms with Crippen LogP contribution in [0.25, 0.3) is 0 Å². The van der Waals surface area contributed by atoms with Crippen molar-refractivity contribution in [2.75, 3.05) is 24.5 Å². The molecule has 1 N–H and O–H groups in total. The standard InChI is InChI=1S/C34H37N3O5S/c1-4-42-30-21-19-29(20-22-30)37(43(40,41)31-17-9-6-10-18-31)25-33(38)36(24-28-16-12-11-13-26(28)2)32(34(39)35-3)23-27-14-7-5-8-15-27/h5-22,32H,4,23-25H2,1-3H3,(H,35,39)/t32-/m0/s1. The van der Waals surface area contributed by atoms with E-state index < -0.39 is 28.5 Å². The van der Waals surface area contributed by atoms with Gasteiger partial charge in [-0.3, -0.25) is 13.9 Å². The molecule has 0 radical (unpaired) electrons. The normalized spacial score (nSPS) is 11.8. The van der Waals surface area contributed by atoms with Crippen LogP contribution in [0.15, 0.2) is 114 Å². The number of carbonyl (C=O) groups is 2. The number of anilines is 1. The molecule has 0 aliphatic heterocycles. The molecule has 0 fully saturated rings. The first-order valence-electron chi connectivity index (χ1n) is 14.1. The van der Waals surface area contributed by atoms with Crippen LogP contribution in [0.1, 0.15) is 23.6 Å². The topological polar surface area (TPSA) is 96.0 Å². The van der Waals surface area contributed by atoms with Crippen molar-refractivity contribution >= 4 is 27.5 Å². The Balaban J connectivity index is 1.78. The van der Waals surface area contributed by atoms with Crippen LogP contribution in [0.3, 0.4) is 0 Å². The molecule has 0 heterocycles. The van der Waals surface area contributed by atoms with E-state index in [1.807, 2.05) is 68.4 Å². The molecule has 8 nitrogen and oxygen atoms in total. The maximum Gasteiger partial charge on any atom is 0.264 e. The number of hydrogen-bond acceptors (Lipinski definition) is 5. The highest BCUT2D eigenvalue weighted by atomic mass is 32.2. The lowest BCUT2D eigenvalue weighted by Gasteiger charge is -2.34. The molecular weight excluding hydrogens is 562 g/mol. The maximum atomic E-state index is 14.4. The van der Waals surface area contributed by atoms with Gasteiger partial charge in [0.05, 0.1) is 17.2 Å². The van der Waals surface area contributed by atoms with Crippen LogP contribution in [-0.4, -0.2) is 51.4 Å². The number of nitrogens with zero attached hydrogens (tertiary/aromatic N) is 2. The Kier molecular flexibility index (Phi) is 10.6. The molecule has 43 heavy (non-hydrogen) atoms. The molecule has 2 amide bonds. The van der Waals surface area contributed by atoms with Gasteiger partial charge in [0.15, 0.2) is 0 Å². The Labute approximate surface area is 254 Å². The number of hydrogen-bond donors (Lipinski definition) is 1. The Morgan fingerprint density at radius 3 is 2.05 bits per heavy atom. The smallest absolute Gasteiger partial charge is 0.264 e. The van der Waals surface area contributed by atoms with E-state index in [0.29, 0.717) is 18.0 Å². The first-order chi connectivity index (χ1) is 20.7. The second-order valence-electron chi connectivity index (χ2n) is 10.0. The predicted octanol–water partition coefficient (Wildman–Crippen LogP) is 4.98. The number of carbonyl (C=O) groups excluding carboxylic acids is 2. The monoisotopic (exact) mass is 599 g/mol. The summed E-state index contributed by atoms with van der Waals surface area (Å²) in [6.45, 7) is 3.87. The Hall–Kier alpha value is -4.63. The van der Waals surface area contributed by atoms with E-state index in [2.05, 4.69) is 5.32 Å².